The van der Waals surface area contributed by atoms with Crippen molar-refractivity contribution in [2.45, 2.75) is 6.04 Å². The van der Waals surface area contributed by atoms with Crippen molar-refractivity contribution in [2.75, 3.05) is 19.8 Å². The number of H-pyrrole nitrogens is 1. The molecule has 1 atom stereocenters. The van der Waals surface area contributed by atoms with Crippen molar-refractivity contribution in [1.82, 2.24) is 15.3 Å². The van der Waals surface area contributed by atoms with Gasteiger partial charge in [0.15, 0.2) is 0 Å². The number of ether oxygens (including phenoxy) is 1. The van der Waals surface area contributed by atoms with Gasteiger partial charge in [0, 0.05) is 17.8 Å². The Morgan fingerprint density at radius 3 is 3.00 bits per heavy atom. The van der Waals surface area contributed by atoms with Crippen molar-refractivity contribution < 1.29 is 4.74 Å². The van der Waals surface area contributed by atoms with E-state index in [-0.39, 0.29) is 11.7 Å². The van der Waals surface area contributed by atoms with Gasteiger partial charge in [0.05, 0.1) is 24.9 Å². The number of halogens is 1. The summed E-state index contributed by atoms with van der Waals surface area (Å²) in [7, 11) is 0. The van der Waals surface area contributed by atoms with Crippen LogP contribution in [0.1, 0.15) is 11.6 Å². The molecule has 0 amide bonds. The first-order chi connectivity index (χ1) is 9.72. The molecule has 0 radical (unpaired) electrons. The molecule has 0 aliphatic carbocycles. The average Bonchev–Trinajstić information content (AvgIpc) is 2.47. The maximum absolute atomic E-state index is 11.3. The van der Waals surface area contributed by atoms with E-state index in [2.05, 4.69) is 15.3 Å². The minimum absolute atomic E-state index is 0.120. The van der Waals surface area contributed by atoms with Crippen LogP contribution in [0.5, 0.6) is 0 Å². The highest BCUT2D eigenvalue weighted by Gasteiger charge is 2.16. The lowest BCUT2D eigenvalue weighted by Crippen LogP contribution is -2.34. The topological polar surface area (TPSA) is 67.0 Å². The monoisotopic (exact) mass is 291 g/mol. The minimum atomic E-state index is -0.372. The number of aromatic amines is 1. The summed E-state index contributed by atoms with van der Waals surface area (Å²) in [6.07, 6.45) is 1.48. The van der Waals surface area contributed by atoms with Crippen molar-refractivity contribution >= 4 is 11.6 Å². The molecule has 1 saturated heterocycles. The number of hydrogen-bond donors (Lipinski definition) is 2. The first-order valence-electron chi connectivity index (χ1n) is 6.40. The number of nitrogens with one attached hydrogen (secondary N) is 2. The summed E-state index contributed by atoms with van der Waals surface area (Å²) < 4.78 is 5.47. The third-order valence-electron chi connectivity index (χ3n) is 3.23. The molecule has 1 aliphatic rings. The normalized spacial score (nSPS) is 18.9. The Balaban J connectivity index is 1.99. The molecule has 0 bridgehead atoms. The number of morpholine rings is 1. The van der Waals surface area contributed by atoms with E-state index in [9.17, 15) is 4.79 Å². The van der Waals surface area contributed by atoms with Crippen LogP contribution in [-0.2, 0) is 4.74 Å². The summed E-state index contributed by atoms with van der Waals surface area (Å²) in [6, 6.07) is 7.61. The predicted molar refractivity (Wildman–Crippen MR) is 76.9 cm³/mol. The Bertz CT molecular complexity index is 665. The summed E-state index contributed by atoms with van der Waals surface area (Å²) in [5.41, 5.74) is 2.23. The van der Waals surface area contributed by atoms with Crippen molar-refractivity contribution in [3.05, 3.63) is 51.5 Å². The fourth-order valence-corrected chi connectivity index (χ4v) is 2.53. The van der Waals surface area contributed by atoms with Gasteiger partial charge in [-0.05, 0) is 35.4 Å². The standard InChI is InChI=1S/C14H14ClN3O2/c15-11-6-9(12-1-2-17-14(19)18-12)5-10(7-11)13-8-20-4-3-16-13/h1-2,5-7,13,16H,3-4,8H2,(H,17,18,19)/t13-/m0/s1. The maximum atomic E-state index is 11.3. The predicted octanol–water partition coefficient (Wildman–Crippen LogP) is 1.75. The lowest BCUT2D eigenvalue weighted by molar-refractivity contribution is 0.0769. The average molecular weight is 292 g/mol. The van der Waals surface area contributed by atoms with E-state index in [1.807, 2.05) is 18.2 Å². The fraction of sp³-hybridized carbons (Fsp3) is 0.286. The molecule has 0 unspecified atom stereocenters. The molecule has 0 spiro atoms. The Kier molecular flexibility index (Phi) is 3.82. The van der Waals surface area contributed by atoms with Crippen LogP contribution in [0.15, 0.2) is 35.3 Å². The molecule has 104 valence electrons. The minimum Gasteiger partial charge on any atom is -0.378 e. The quantitative estimate of drug-likeness (QED) is 0.885. The second kappa shape index (κ2) is 5.75. The zero-order chi connectivity index (χ0) is 13.9. The van der Waals surface area contributed by atoms with Gasteiger partial charge in [0.2, 0.25) is 0 Å². The molecule has 2 N–H and O–H groups in total. The summed E-state index contributed by atoms with van der Waals surface area (Å²) >= 11 is 6.18. The van der Waals surface area contributed by atoms with E-state index in [1.54, 1.807) is 6.07 Å². The number of benzene rings is 1. The first-order valence-corrected chi connectivity index (χ1v) is 6.77. The largest absolute Gasteiger partial charge is 0.378 e. The maximum Gasteiger partial charge on any atom is 0.345 e. The molecule has 6 heteroatoms. The smallest absolute Gasteiger partial charge is 0.345 e. The highest BCUT2D eigenvalue weighted by atomic mass is 35.5. The van der Waals surface area contributed by atoms with Crippen molar-refractivity contribution in [1.29, 1.82) is 0 Å². The Hall–Kier alpha value is -1.69. The van der Waals surface area contributed by atoms with E-state index >= 15 is 0 Å². The number of aromatic nitrogens is 2. The third-order valence-corrected chi connectivity index (χ3v) is 3.45. The van der Waals surface area contributed by atoms with Crippen molar-refractivity contribution in [2.24, 2.45) is 0 Å². The number of nitrogens with zero attached hydrogens (tertiary/aromatic N) is 1. The Morgan fingerprint density at radius 2 is 2.25 bits per heavy atom. The molecule has 3 rings (SSSR count). The van der Waals surface area contributed by atoms with E-state index < -0.39 is 0 Å². The van der Waals surface area contributed by atoms with Gasteiger partial charge < -0.3 is 15.0 Å². The molecule has 0 saturated carbocycles. The second-order valence-corrected chi connectivity index (χ2v) is 5.08. The molecular formula is C14H14ClN3O2. The summed E-state index contributed by atoms with van der Waals surface area (Å²) in [6.45, 7) is 2.16. The Morgan fingerprint density at radius 1 is 1.35 bits per heavy atom. The lowest BCUT2D eigenvalue weighted by Gasteiger charge is -2.24. The summed E-state index contributed by atoms with van der Waals surface area (Å²) in [4.78, 5) is 17.6. The van der Waals surface area contributed by atoms with Gasteiger partial charge in [-0.25, -0.2) is 9.78 Å². The van der Waals surface area contributed by atoms with Gasteiger partial charge in [-0.2, -0.15) is 0 Å². The van der Waals surface area contributed by atoms with Crippen LogP contribution in [0.2, 0.25) is 5.02 Å². The van der Waals surface area contributed by atoms with Crippen molar-refractivity contribution in [3.8, 4) is 11.3 Å². The van der Waals surface area contributed by atoms with Crippen LogP contribution in [-0.4, -0.2) is 29.7 Å². The molecule has 2 heterocycles. The number of rotatable bonds is 2. The second-order valence-electron chi connectivity index (χ2n) is 4.64. The highest BCUT2D eigenvalue weighted by Crippen LogP contribution is 2.26. The molecule has 1 aliphatic heterocycles. The number of hydrogen-bond acceptors (Lipinski definition) is 4. The first kappa shape index (κ1) is 13.3. The lowest BCUT2D eigenvalue weighted by atomic mass is 10.0. The van der Waals surface area contributed by atoms with Crippen LogP contribution >= 0.6 is 11.6 Å². The summed E-state index contributed by atoms with van der Waals surface area (Å²) in [5, 5.41) is 4.01. The molecule has 1 fully saturated rings. The Labute approximate surface area is 121 Å². The van der Waals surface area contributed by atoms with E-state index in [4.69, 9.17) is 16.3 Å². The van der Waals surface area contributed by atoms with Crippen LogP contribution in [0.25, 0.3) is 11.3 Å². The molecule has 1 aromatic heterocycles. The molecule has 1 aromatic carbocycles. The van der Waals surface area contributed by atoms with Gasteiger partial charge in [-0.3, -0.25) is 0 Å². The highest BCUT2D eigenvalue weighted by molar-refractivity contribution is 6.31. The molecule has 2 aromatic rings. The van der Waals surface area contributed by atoms with E-state index in [0.717, 1.165) is 24.3 Å². The van der Waals surface area contributed by atoms with Gasteiger partial charge in [-0.1, -0.05) is 11.6 Å². The fourth-order valence-electron chi connectivity index (χ4n) is 2.29. The van der Waals surface area contributed by atoms with E-state index in [1.165, 1.54) is 6.20 Å². The van der Waals surface area contributed by atoms with Gasteiger partial charge in [0.25, 0.3) is 0 Å². The van der Waals surface area contributed by atoms with Gasteiger partial charge in [0.1, 0.15) is 0 Å². The third kappa shape index (κ3) is 2.90. The van der Waals surface area contributed by atoms with Gasteiger partial charge >= 0.3 is 5.69 Å². The summed E-state index contributed by atoms with van der Waals surface area (Å²) in [5.74, 6) is 0. The van der Waals surface area contributed by atoms with Crippen LogP contribution in [0.3, 0.4) is 0 Å². The molecular weight excluding hydrogens is 278 g/mol. The zero-order valence-electron chi connectivity index (χ0n) is 10.7. The van der Waals surface area contributed by atoms with Crippen LogP contribution in [0.4, 0.5) is 0 Å². The molecule has 5 nitrogen and oxygen atoms in total. The van der Waals surface area contributed by atoms with Crippen molar-refractivity contribution in [3.63, 3.8) is 0 Å². The SMILES string of the molecule is O=c1nccc(-c2cc(Cl)cc([C@@H]3COCCN3)c2)[nH]1. The molecule has 20 heavy (non-hydrogen) atoms. The van der Waals surface area contributed by atoms with E-state index in [0.29, 0.717) is 17.3 Å². The van der Waals surface area contributed by atoms with Crippen LogP contribution < -0.4 is 11.0 Å². The zero-order valence-corrected chi connectivity index (χ0v) is 11.5. The van der Waals surface area contributed by atoms with Gasteiger partial charge in [-0.15, -0.1) is 0 Å². The van der Waals surface area contributed by atoms with Crippen LogP contribution in [0, 0.1) is 0 Å².